The van der Waals surface area contributed by atoms with Crippen LogP contribution in [0.25, 0.3) is 0 Å². The van der Waals surface area contributed by atoms with Gasteiger partial charge in [-0.1, -0.05) is 11.6 Å². The van der Waals surface area contributed by atoms with Crippen molar-refractivity contribution in [1.82, 2.24) is 4.90 Å². The molecular weight excluding hydrogens is 318 g/mol. The van der Waals surface area contributed by atoms with E-state index in [-0.39, 0.29) is 24.4 Å². The molecular formula is C13H16ClNO5S. The zero-order valence-corrected chi connectivity index (χ0v) is 13.0. The Morgan fingerprint density at radius 1 is 1.24 bits per heavy atom. The summed E-state index contributed by atoms with van der Waals surface area (Å²) >= 11 is 5.69. The quantitative estimate of drug-likeness (QED) is 0.815. The Labute approximate surface area is 128 Å². The first-order chi connectivity index (χ1) is 9.76. The highest BCUT2D eigenvalue weighted by Gasteiger charge is 2.23. The number of aliphatic carboxylic acids is 1. The van der Waals surface area contributed by atoms with Gasteiger partial charge in [0.1, 0.15) is 5.75 Å². The van der Waals surface area contributed by atoms with Crippen molar-refractivity contribution in [3.63, 3.8) is 0 Å². The van der Waals surface area contributed by atoms with Gasteiger partial charge in [0.25, 0.3) is 0 Å². The third kappa shape index (κ3) is 5.35. The van der Waals surface area contributed by atoms with Crippen LogP contribution in [0.2, 0.25) is 5.02 Å². The van der Waals surface area contributed by atoms with Crippen molar-refractivity contribution in [1.29, 1.82) is 0 Å². The van der Waals surface area contributed by atoms with E-state index in [9.17, 15) is 18.0 Å². The SMILES string of the molecule is CCN(CCC(=O)O)C(=O)CS(=O)(=O)c1ccc(Cl)cc1. The van der Waals surface area contributed by atoms with Crippen molar-refractivity contribution < 1.29 is 23.1 Å². The van der Waals surface area contributed by atoms with Gasteiger partial charge in [0.15, 0.2) is 9.84 Å². The van der Waals surface area contributed by atoms with Crippen LogP contribution in [0.5, 0.6) is 0 Å². The van der Waals surface area contributed by atoms with Crippen molar-refractivity contribution in [3.05, 3.63) is 29.3 Å². The highest BCUT2D eigenvalue weighted by atomic mass is 35.5. The molecule has 0 heterocycles. The van der Waals surface area contributed by atoms with Crippen LogP contribution in [0.4, 0.5) is 0 Å². The van der Waals surface area contributed by atoms with Crippen LogP contribution < -0.4 is 0 Å². The number of amides is 1. The van der Waals surface area contributed by atoms with Gasteiger partial charge in [-0.05, 0) is 31.2 Å². The van der Waals surface area contributed by atoms with Crippen LogP contribution in [0.1, 0.15) is 13.3 Å². The predicted octanol–water partition coefficient (Wildman–Crippen LogP) is 1.44. The summed E-state index contributed by atoms with van der Waals surface area (Å²) in [6, 6.07) is 5.53. The summed E-state index contributed by atoms with van der Waals surface area (Å²) in [5, 5.41) is 9.01. The number of rotatable bonds is 7. The molecule has 0 bridgehead atoms. The third-order valence-electron chi connectivity index (χ3n) is 2.82. The fourth-order valence-electron chi connectivity index (χ4n) is 1.67. The predicted molar refractivity (Wildman–Crippen MR) is 78.0 cm³/mol. The average molecular weight is 334 g/mol. The first-order valence-corrected chi connectivity index (χ1v) is 8.27. The Kier molecular flexibility index (Phi) is 6.17. The van der Waals surface area contributed by atoms with E-state index >= 15 is 0 Å². The van der Waals surface area contributed by atoms with Crippen LogP contribution in [-0.4, -0.2) is 49.1 Å². The third-order valence-corrected chi connectivity index (χ3v) is 4.69. The second-order valence-corrected chi connectivity index (χ2v) is 6.76. The normalized spacial score (nSPS) is 11.1. The second-order valence-electron chi connectivity index (χ2n) is 4.33. The summed E-state index contributed by atoms with van der Waals surface area (Å²) in [7, 11) is -3.77. The maximum Gasteiger partial charge on any atom is 0.305 e. The molecule has 116 valence electrons. The molecule has 0 radical (unpaired) electrons. The lowest BCUT2D eigenvalue weighted by atomic mass is 10.4. The number of nitrogens with zero attached hydrogens (tertiary/aromatic N) is 1. The van der Waals surface area contributed by atoms with Crippen LogP contribution in [-0.2, 0) is 19.4 Å². The molecule has 0 aliphatic heterocycles. The van der Waals surface area contributed by atoms with Crippen LogP contribution in [0.15, 0.2) is 29.2 Å². The van der Waals surface area contributed by atoms with Crippen molar-refractivity contribution in [3.8, 4) is 0 Å². The molecule has 1 rings (SSSR count). The van der Waals surface area contributed by atoms with Gasteiger partial charge in [-0.3, -0.25) is 9.59 Å². The Morgan fingerprint density at radius 3 is 2.29 bits per heavy atom. The first-order valence-electron chi connectivity index (χ1n) is 6.24. The summed E-state index contributed by atoms with van der Waals surface area (Å²) < 4.78 is 24.2. The van der Waals surface area contributed by atoms with Crippen molar-refractivity contribution in [2.45, 2.75) is 18.2 Å². The van der Waals surface area contributed by atoms with Gasteiger partial charge < -0.3 is 10.0 Å². The summed E-state index contributed by atoms with van der Waals surface area (Å²) in [6.45, 7) is 1.90. The number of carbonyl (C=O) groups excluding carboxylic acids is 1. The van der Waals surface area contributed by atoms with Crippen LogP contribution in [0, 0.1) is 0 Å². The van der Waals surface area contributed by atoms with E-state index in [4.69, 9.17) is 16.7 Å². The summed E-state index contributed by atoms with van der Waals surface area (Å²) in [4.78, 5) is 23.7. The Bertz CT molecular complexity index is 612. The molecule has 6 nitrogen and oxygen atoms in total. The summed E-state index contributed by atoms with van der Waals surface area (Å²) in [5.74, 6) is -2.35. The Balaban J connectivity index is 2.79. The fourth-order valence-corrected chi connectivity index (χ4v) is 3.02. The molecule has 0 aliphatic carbocycles. The number of carbonyl (C=O) groups is 2. The van der Waals surface area contributed by atoms with Gasteiger partial charge in [-0.25, -0.2) is 8.42 Å². The molecule has 1 N–H and O–H groups in total. The molecule has 0 spiro atoms. The van der Waals surface area contributed by atoms with Gasteiger partial charge >= 0.3 is 5.97 Å². The van der Waals surface area contributed by atoms with Gasteiger partial charge in [0, 0.05) is 18.1 Å². The number of carboxylic acids is 1. The zero-order chi connectivity index (χ0) is 16.0. The lowest BCUT2D eigenvalue weighted by molar-refractivity contribution is -0.138. The van der Waals surface area contributed by atoms with Crippen molar-refractivity contribution >= 4 is 33.3 Å². The zero-order valence-electron chi connectivity index (χ0n) is 11.5. The highest BCUT2D eigenvalue weighted by molar-refractivity contribution is 7.92. The number of hydrogen-bond acceptors (Lipinski definition) is 4. The highest BCUT2D eigenvalue weighted by Crippen LogP contribution is 2.16. The molecule has 1 amide bonds. The minimum Gasteiger partial charge on any atom is -0.481 e. The molecule has 21 heavy (non-hydrogen) atoms. The van der Waals surface area contributed by atoms with E-state index in [1.165, 1.54) is 29.2 Å². The molecule has 0 saturated carbocycles. The van der Waals surface area contributed by atoms with E-state index in [2.05, 4.69) is 0 Å². The van der Waals surface area contributed by atoms with E-state index in [1.54, 1.807) is 6.92 Å². The molecule has 1 aromatic rings. The number of carboxylic acid groups (broad SMARTS) is 1. The van der Waals surface area contributed by atoms with Crippen molar-refractivity contribution in [2.75, 3.05) is 18.8 Å². The molecule has 8 heteroatoms. The summed E-state index contributed by atoms with van der Waals surface area (Å²) in [5.41, 5.74) is 0. The number of sulfone groups is 1. The van der Waals surface area contributed by atoms with Crippen LogP contribution >= 0.6 is 11.6 Å². The van der Waals surface area contributed by atoms with Gasteiger partial charge in [-0.2, -0.15) is 0 Å². The Morgan fingerprint density at radius 2 is 1.81 bits per heavy atom. The second kappa shape index (κ2) is 7.42. The molecule has 1 aromatic carbocycles. The molecule has 0 aliphatic rings. The van der Waals surface area contributed by atoms with Gasteiger partial charge in [0.2, 0.25) is 5.91 Å². The molecule has 0 unspecified atom stereocenters. The first kappa shape index (κ1) is 17.5. The monoisotopic (exact) mass is 333 g/mol. The smallest absolute Gasteiger partial charge is 0.305 e. The van der Waals surface area contributed by atoms with Crippen molar-refractivity contribution in [2.24, 2.45) is 0 Å². The fraction of sp³-hybridized carbons (Fsp3) is 0.385. The average Bonchev–Trinajstić information content (AvgIpc) is 2.39. The number of halogens is 1. The van der Waals surface area contributed by atoms with E-state index in [1.807, 2.05) is 0 Å². The summed E-state index contributed by atoms with van der Waals surface area (Å²) in [6.07, 6.45) is -0.222. The molecule has 0 saturated heterocycles. The van der Waals surface area contributed by atoms with Gasteiger partial charge in [0.05, 0.1) is 11.3 Å². The maximum absolute atomic E-state index is 12.1. The van der Waals surface area contributed by atoms with E-state index in [0.717, 1.165) is 0 Å². The molecule has 0 fully saturated rings. The number of benzene rings is 1. The van der Waals surface area contributed by atoms with Crippen LogP contribution in [0.3, 0.4) is 0 Å². The maximum atomic E-state index is 12.1. The van der Waals surface area contributed by atoms with E-state index < -0.39 is 27.5 Å². The largest absolute Gasteiger partial charge is 0.481 e. The topological polar surface area (TPSA) is 91.8 Å². The minimum atomic E-state index is -3.77. The van der Waals surface area contributed by atoms with E-state index in [0.29, 0.717) is 5.02 Å². The van der Waals surface area contributed by atoms with Gasteiger partial charge in [-0.15, -0.1) is 0 Å². The Hall–Kier alpha value is -1.60. The lowest BCUT2D eigenvalue weighted by Gasteiger charge is -2.19. The molecule has 0 aromatic heterocycles. The lowest BCUT2D eigenvalue weighted by Crippen LogP contribution is -2.37. The molecule has 0 atom stereocenters. The number of hydrogen-bond donors (Lipinski definition) is 1. The minimum absolute atomic E-state index is 0.00883. The standard InChI is InChI=1S/C13H16ClNO5S/c1-2-15(8-7-13(17)18)12(16)9-21(19,20)11-5-3-10(14)4-6-11/h3-6H,2,7-9H2,1H3,(H,17,18).